The first kappa shape index (κ1) is 24.3. The van der Waals surface area contributed by atoms with Crippen LogP contribution in [0.2, 0.25) is 0 Å². The lowest BCUT2D eigenvalue weighted by molar-refractivity contribution is -0.139. The standard InChI is InChI=1S/C26H26N2O6S/c1-6-34-25(30)22-15(2)27-26-28(23(22)17-11-12-19(32-4)20(13-17)33-5)24(29)21(35-26)14-16-9-7-8-10-18(16)31-3/h7-14,23H,6H2,1-5H3/b21-14+/t23-/m0/s1. The van der Waals surface area contributed by atoms with Crippen LogP contribution >= 0.6 is 11.3 Å². The molecular weight excluding hydrogens is 468 g/mol. The molecule has 182 valence electrons. The molecule has 0 aliphatic carbocycles. The fourth-order valence-corrected chi connectivity index (χ4v) is 5.09. The first-order valence-electron chi connectivity index (χ1n) is 11.0. The predicted molar refractivity (Wildman–Crippen MR) is 133 cm³/mol. The van der Waals surface area contributed by atoms with Crippen molar-refractivity contribution >= 4 is 23.4 Å². The number of methoxy groups -OCH3 is 3. The molecule has 0 fully saturated rings. The van der Waals surface area contributed by atoms with Gasteiger partial charge in [-0.05, 0) is 43.7 Å². The molecule has 2 aromatic carbocycles. The summed E-state index contributed by atoms with van der Waals surface area (Å²) < 4.78 is 23.6. The zero-order valence-corrected chi connectivity index (χ0v) is 21.0. The monoisotopic (exact) mass is 494 g/mol. The highest BCUT2D eigenvalue weighted by atomic mass is 32.1. The number of benzene rings is 2. The van der Waals surface area contributed by atoms with Gasteiger partial charge in [-0.1, -0.05) is 35.6 Å². The summed E-state index contributed by atoms with van der Waals surface area (Å²) in [5, 5.41) is 0. The van der Waals surface area contributed by atoms with Crippen LogP contribution in [0.25, 0.3) is 6.08 Å². The Morgan fingerprint density at radius 2 is 1.77 bits per heavy atom. The van der Waals surface area contributed by atoms with Gasteiger partial charge < -0.3 is 18.9 Å². The number of allylic oxidation sites excluding steroid dienone is 1. The third-order valence-corrected chi connectivity index (χ3v) is 6.65. The molecule has 0 N–H and O–H groups in total. The van der Waals surface area contributed by atoms with Crippen molar-refractivity contribution in [3.63, 3.8) is 0 Å². The molecule has 4 rings (SSSR count). The molecule has 8 nitrogen and oxygen atoms in total. The maximum atomic E-state index is 13.7. The van der Waals surface area contributed by atoms with Crippen molar-refractivity contribution in [3.8, 4) is 17.2 Å². The minimum atomic E-state index is -0.745. The highest BCUT2D eigenvalue weighted by Crippen LogP contribution is 2.36. The topological polar surface area (TPSA) is 88.4 Å². The van der Waals surface area contributed by atoms with E-state index in [0.29, 0.717) is 43.4 Å². The third-order valence-electron chi connectivity index (χ3n) is 5.67. The predicted octanol–water partition coefficient (Wildman–Crippen LogP) is 2.82. The number of esters is 1. The zero-order chi connectivity index (χ0) is 25.1. The molecule has 1 aliphatic heterocycles. The maximum absolute atomic E-state index is 13.7. The van der Waals surface area contributed by atoms with E-state index in [-0.39, 0.29) is 12.2 Å². The number of carbonyl (C=O) groups excluding carboxylic acids is 1. The molecule has 9 heteroatoms. The molecule has 0 unspecified atom stereocenters. The highest BCUT2D eigenvalue weighted by molar-refractivity contribution is 7.07. The second kappa shape index (κ2) is 10.2. The molecule has 0 amide bonds. The normalized spacial score (nSPS) is 15.3. The van der Waals surface area contributed by atoms with E-state index in [1.807, 2.05) is 24.3 Å². The summed E-state index contributed by atoms with van der Waals surface area (Å²) in [7, 11) is 4.67. The van der Waals surface area contributed by atoms with E-state index in [4.69, 9.17) is 18.9 Å². The molecule has 0 bridgehead atoms. The van der Waals surface area contributed by atoms with Gasteiger partial charge >= 0.3 is 5.97 Å². The Balaban J connectivity index is 1.98. The van der Waals surface area contributed by atoms with Crippen molar-refractivity contribution in [2.24, 2.45) is 4.99 Å². The molecule has 35 heavy (non-hydrogen) atoms. The second-order valence-electron chi connectivity index (χ2n) is 7.66. The first-order valence-corrected chi connectivity index (χ1v) is 11.8. The second-order valence-corrected chi connectivity index (χ2v) is 8.67. The van der Waals surface area contributed by atoms with Crippen molar-refractivity contribution in [1.29, 1.82) is 0 Å². The van der Waals surface area contributed by atoms with Crippen LogP contribution in [0.15, 0.2) is 63.5 Å². The Labute approximate surface area is 206 Å². The van der Waals surface area contributed by atoms with E-state index in [0.717, 1.165) is 5.56 Å². The van der Waals surface area contributed by atoms with Gasteiger partial charge in [0.2, 0.25) is 0 Å². The summed E-state index contributed by atoms with van der Waals surface area (Å²) in [4.78, 5) is 31.9. The van der Waals surface area contributed by atoms with Crippen LogP contribution in [0.1, 0.15) is 31.0 Å². The van der Waals surface area contributed by atoms with Gasteiger partial charge in [0, 0.05) is 5.56 Å². The van der Waals surface area contributed by atoms with Crippen LogP contribution in [-0.4, -0.2) is 38.5 Å². The van der Waals surface area contributed by atoms with Gasteiger partial charge in [0.1, 0.15) is 5.75 Å². The molecule has 2 heterocycles. The maximum Gasteiger partial charge on any atom is 0.338 e. The van der Waals surface area contributed by atoms with Gasteiger partial charge in [-0.15, -0.1) is 0 Å². The van der Waals surface area contributed by atoms with Crippen molar-refractivity contribution < 1.29 is 23.7 Å². The van der Waals surface area contributed by atoms with E-state index in [1.165, 1.54) is 23.0 Å². The molecule has 3 aromatic rings. The van der Waals surface area contributed by atoms with Gasteiger partial charge in [-0.25, -0.2) is 9.79 Å². The van der Waals surface area contributed by atoms with Gasteiger partial charge in [0.25, 0.3) is 5.56 Å². The minimum Gasteiger partial charge on any atom is -0.496 e. The average molecular weight is 495 g/mol. The van der Waals surface area contributed by atoms with Crippen LogP contribution in [-0.2, 0) is 9.53 Å². The molecule has 0 radical (unpaired) electrons. The van der Waals surface area contributed by atoms with Crippen LogP contribution in [0.3, 0.4) is 0 Å². The number of hydrogen-bond acceptors (Lipinski definition) is 8. The Bertz CT molecular complexity index is 1480. The average Bonchev–Trinajstić information content (AvgIpc) is 3.17. The van der Waals surface area contributed by atoms with Crippen LogP contribution in [0, 0.1) is 0 Å². The number of ether oxygens (including phenoxy) is 4. The summed E-state index contributed by atoms with van der Waals surface area (Å²) in [5.41, 5.74) is 1.96. The molecule has 1 aromatic heterocycles. The summed E-state index contributed by atoms with van der Waals surface area (Å²) in [5.74, 6) is 1.16. The SMILES string of the molecule is CCOC(=O)C1=C(C)N=c2s/c(=C/c3ccccc3OC)c(=O)n2[C@H]1c1ccc(OC)c(OC)c1. The van der Waals surface area contributed by atoms with Crippen LogP contribution in [0.5, 0.6) is 17.2 Å². The number of thiazole rings is 1. The Hall–Kier alpha value is -3.85. The largest absolute Gasteiger partial charge is 0.496 e. The molecule has 0 spiro atoms. The molecule has 0 saturated carbocycles. The van der Waals surface area contributed by atoms with Crippen molar-refractivity contribution in [2.45, 2.75) is 19.9 Å². The lowest BCUT2D eigenvalue weighted by Gasteiger charge is -2.25. The summed E-state index contributed by atoms with van der Waals surface area (Å²) >= 11 is 1.25. The van der Waals surface area contributed by atoms with Crippen molar-refractivity contribution in [3.05, 3.63) is 84.5 Å². The third kappa shape index (κ3) is 4.46. The van der Waals surface area contributed by atoms with E-state index < -0.39 is 12.0 Å². The molecular formula is C26H26N2O6S. The van der Waals surface area contributed by atoms with Gasteiger partial charge in [-0.2, -0.15) is 0 Å². The number of hydrogen-bond donors (Lipinski definition) is 0. The molecule has 0 saturated heterocycles. The lowest BCUT2D eigenvalue weighted by atomic mass is 9.95. The van der Waals surface area contributed by atoms with E-state index in [9.17, 15) is 9.59 Å². The molecule has 1 atom stereocenters. The zero-order valence-electron chi connectivity index (χ0n) is 20.2. The first-order chi connectivity index (χ1) is 16.9. The number of para-hydroxylation sites is 1. The van der Waals surface area contributed by atoms with Crippen molar-refractivity contribution in [2.75, 3.05) is 27.9 Å². The van der Waals surface area contributed by atoms with E-state index in [2.05, 4.69) is 4.99 Å². The fourth-order valence-electron chi connectivity index (χ4n) is 4.06. The number of fused-ring (bicyclic) bond motifs is 1. The van der Waals surface area contributed by atoms with Crippen LogP contribution < -0.4 is 29.1 Å². The smallest absolute Gasteiger partial charge is 0.338 e. The number of rotatable bonds is 7. The Kier molecular flexibility index (Phi) is 7.07. The number of nitrogens with zero attached hydrogens (tertiary/aromatic N) is 2. The Morgan fingerprint density at radius 1 is 1.06 bits per heavy atom. The lowest BCUT2D eigenvalue weighted by Crippen LogP contribution is -2.40. The quantitative estimate of drug-likeness (QED) is 0.470. The summed E-state index contributed by atoms with van der Waals surface area (Å²) in [6, 6.07) is 12.0. The van der Waals surface area contributed by atoms with Gasteiger partial charge in [0.15, 0.2) is 16.3 Å². The van der Waals surface area contributed by atoms with E-state index in [1.54, 1.807) is 52.3 Å². The van der Waals surface area contributed by atoms with E-state index >= 15 is 0 Å². The van der Waals surface area contributed by atoms with Gasteiger partial charge in [0.05, 0.1) is 49.8 Å². The van der Waals surface area contributed by atoms with Crippen LogP contribution in [0.4, 0.5) is 0 Å². The summed E-state index contributed by atoms with van der Waals surface area (Å²) in [6.07, 6.45) is 1.78. The number of carbonyl (C=O) groups is 1. The van der Waals surface area contributed by atoms with Gasteiger partial charge in [-0.3, -0.25) is 9.36 Å². The Morgan fingerprint density at radius 3 is 2.46 bits per heavy atom. The highest BCUT2D eigenvalue weighted by Gasteiger charge is 2.34. The minimum absolute atomic E-state index is 0.201. The van der Waals surface area contributed by atoms with Crippen molar-refractivity contribution in [1.82, 2.24) is 4.57 Å². The molecule has 1 aliphatic rings. The fraction of sp³-hybridized carbons (Fsp3) is 0.269. The summed E-state index contributed by atoms with van der Waals surface area (Å²) in [6.45, 7) is 3.69. The number of aromatic nitrogens is 1.